The molecule has 0 saturated heterocycles. The first-order chi connectivity index (χ1) is 11.2. The number of fused-ring (bicyclic) bond motifs is 1. The normalized spacial score (nSPS) is 12.0. The molecule has 3 aromatic rings. The third-order valence-corrected chi connectivity index (χ3v) is 4.22. The van der Waals surface area contributed by atoms with Gasteiger partial charge in [0.2, 0.25) is 0 Å². The molecule has 0 aliphatic heterocycles. The summed E-state index contributed by atoms with van der Waals surface area (Å²) in [6.07, 6.45) is -4.52. The molecule has 0 fully saturated rings. The molecule has 0 bridgehead atoms. The van der Waals surface area contributed by atoms with Crippen molar-refractivity contribution in [2.24, 2.45) is 7.05 Å². The van der Waals surface area contributed by atoms with Crippen LogP contribution < -0.4 is 11.2 Å². The van der Waals surface area contributed by atoms with E-state index in [1.165, 1.54) is 29.8 Å². The van der Waals surface area contributed by atoms with Crippen molar-refractivity contribution in [3.8, 4) is 0 Å². The molecule has 0 aliphatic rings. The van der Waals surface area contributed by atoms with Crippen LogP contribution >= 0.6 is 15.9 Å². The van der Waals surface area contributed by atoms with Gasteiger partial charge in [-0.3, -0.25) is 14.3 Å². The van der Waals surface area contributed by atoms with E-state index in [9.17, 15) is 22.8 Å². The Balaban J connectivity index is 2.24. The van der Waals surface area contributed by atoms with Gasteiger partial charge < -0.3 is 4.57 Å². The van der Waals surface area contributed by atoms with Crippen LogP contribution in [-0.4, -0.2) is 19.1 Å². The summed E-state index contributed by atoms with van der Waals surface area (Å²) in [5.41, 5.74) is -2.07. The van der Waals surface area contributed by atoms with Gasteiger partial charge in [-0.15, -0.1) is 0 Å². The van der Waals surface area contributed by atoms with Gasteiger partial charge in [0.15, 0.2) is 15.9 Å². The van der Waals surface area contributed by atoms with Crippen LogP contribution in [0.2, 0.25) is 0 Å². The fraction of sp³-hybridized carbons (Fsp3) is 0.214. The van der Waals surface area contributed by atoms with E-state index in [-0.39, 0.29) is 28.0 Å². The average Bonchev–Trinajstić information content (AvgIpc) is 2.82. The number of nitrogens with zero attached hydrogens (tertiary/aromatic N) is 3. The van der Waals surface area contributed by atoms with Gasteiger partial charge >= 0.3 is 11.9 Å². The maximum absolute atomic E-state index is 13.1. The van der Waals surface area contributed by atoms with Crippen molar-refractivity contribution in [1.82, 2.24) is 19.1 Å². The number of alkyl halides is 3. The van der Waals surface area contributed by atoms with Crippen molar-refractivity contribution < 1.29 is 13.2 Å². The van der Waals surface area contributed by atoms with Gasteiger partial charge in [-0.05, 0) is 27.6 Å². The quantitative estimate of drug-likeness (QED) is 0.668. The first-order valence-electron chi connectivity index (χ1n) is 6.70. The molecule has 0 atom stereocenters. The molecule has 24 heavy (non-hydrogen) atoms. The predicted octanol–water partition coefficient (Wildman–Crippen LogP) is 2.25. The number of halogens is 4. The third kappa shape index (κ3) is 2.66. The molecule has 126 valence electrons. The van der Waals surface area contributed by atoms with Crippen LogP contribution in [0.3, 0.4) is 0 Å². The highest BCUT2D eigenvalue weighted by atomic mass is 79.9. The lowest BCUT2D eigenvalue weighted by molar-refractivity contribution is -0.138. The molecule has 1 N–H and O–H groups in total. The van der Waals surface area contributed by atoms with E-state index in [0.717, 1.165) is 10.6 Å². The van der Waals surface area contributed by atoms with Crippen LogP contribution in [0.4, 0.5) is 13.2 Å². The lowest BCUT2D eigenvalue weighted by Gasteiger charge is -2.13. The van der Waals surface area contributed by atoms with Gasteiger partial charge in [0.1, 0.15) is 0 Å². The van der Waals surface area contributed by atoms with Gasteiger partial charge in [0.05, 0.1) is 12.1 Å². The summed E-state index contributed by atoms with van der Waals surface area (Å²) < 4.78 is 42.0. The first-order valence-corrected chi connectivity index (χ1v) is 7.49. The Kier molecular flexibility index (Phi) is 3.86. The maximum Gasteiger partial charge on any atom is 0.416 e. The zero-order valence-corrected chi connectivity index (χ0v) is 13.8. The third-order valence-electron chi connectivity index (χ3n) is 3.61. The minimum absolute atomic E-state index is 0.0148. The first kappa shape index (κ1) is 16.5. The molecule has 6 nitrogen and oxygen atoms in total. The second kappa shape index (κ2) is 5.62. The van der Waals surface area contributed by atoms with Crippen LogP contribution in [0.5, 0.6) is 0 Å². The zero-order valence-electron chi connectivity index (χ0n) is 12.2. The molecule has 0 spiro atoms. The number of aryl methyl sites for hydroxylation is 1. The lowest BCUT2D eigenvalue weighted by atomic mass is 10.1. The van der Waals surface area contributed by atoms with Crippen molar-refractivity contribution in [2.45, 2.75) is 12.7 Å². The molecule has 0 amide bonds. The van der Waals surface area contributed by atoms with Crippen LogP contribution in [0, 0.1) is 0 Å². The summed E-state index contributed by atoms with van der Waals surface area (Å²) >= 11 is 3.14. The van der Waals surface area contributed by atoms with Crippen molar-refractivity contribution >= 4 is 27.1 Å². The topological polar surface area (TPSA) is 72.7 Å². The fourth-order valence-corrected chi connectivity index (χ4v) is 2.93. The highest BCUT2D eigenvalue weighted by Crippen LogP contribution is 2.32. The minimum Gasteiger partial charge on any atom is -0.308 e. The summed E-state index contributed by atoms with van der Waals surface area (Å²) in [6.45, 7) is -0.228. The van der Waals surface area contributed by atoms with Crippen molar-refractivity contribution in [2.75, 3.05) is 0 Å². The van der Waals surface area contributed by atoms with Gasteiger partial charge in [-0.2, -0.15) is 13.2 Å². The molecule has 0 aliphatic carbocycles. The van der Waals surface area contributed by atoms with E-state index in [1.807, 2.05) is 0 Å². The fourth-order valence-electron chi connectivity index (χ4n) is 2.46. The Morgan fingerprint density at radius 1 is 1.25 bits per heavy atom. The second-order valence-corrected chi connectivity index (χ2v) is 5.82. The summed E-state index contributed by atoms with van der Waals surface area (Å²) in [6, 6.07) is 5.08. The predicted molar refractivity (Wildman–Crippen MR) is 83.8 cm³/mol. The molecule has 0 saturated carbocycles. The Bertz CT molecular complexity index is 1050. The Morgan fingerprint density at radius 3 is 2.58 bits per heavy atom. The SMILES string of the molecule is Cn1c(=O)[nH]c(=O)c2c1nc(Br)n2Cc1ccccc1C(F)(F)F. The smallest absolute Gasteiger partial charge is 0.308 e. The number of aromatic nitrogens is 4. The van der Waals surface area contributed by atoms with Gasteiger partial charge in [-0.25, -0.2) is 9.78 Å². The summed E-state index contributed by atoms with van der Waals surface area (Å²) in [5, 5.41) is 0. The molecule has 3 rings (SSSR count). The monoisotopic (exact) mass is 402 g/mol. The Labute approximate surface area is 140 Å². The molecule has 1 aromatic carbocycles. The molecule has 0 radical (unpaired) electrons. The van der Waals surface area contributed by atoms with E-state index in [0.29, 0.717) is 0 Å². The number of benzene rings is 1. The average molecular weight is 403 g/mol. The number of imidazole rings is 1. The molecule has 2 aromatic heterocycles. The standard InChI is InChI=1S/C14H10BrF3N4O2/c1-21-10-9(11(23)20-13(21)24)22(12(15)19-10)6-7-4-2-3-5-8(7)14(16,17)18/h2-5H,6H2,1H3,(H,20,23,24). The van der Waals surface area contributed by atoms with Crippen LogP contribution in [0.1, 0.15) is 11.1 Å². The second-order valence-electron chi connectivity index (χ2n) is 5.11. The number of H-pyrrole nitrogens is 1. The van der Waals surface area contributed by atoms with Crippen molar-refractivity contribution in [3.05, 3.63) is 61.0 Å². The van der Waals surface area contributed by atoms with Gasteiger partial charge in [0.25, 0.3) is 5.56 Å². The summed E-state index contributed by atoms with van der Waals surface area (Å²) in [7, 11) is 1.41. The summed E-state index contributed by atoms with van der Waals surface area (Å²) in [5.74, 6) is 0. The highest BCUT2D eigenvalue weighted by Gasteiger charge is 2.33. The largest absolute Gasteiger partial charge is 0.416 e. The van der Waals surface area contributed by atoms with Crippen LogP contribution in [-0.2, 0) is 19.8 Å². The highest BCUT2D eigenvalue weighted by molar-refractivity contribution is 9.10. The number of hydrogen-bond acceptors (Lipinski definition) is 3. The summed E-state index contributed by atoms with van der Waals surface area (Å²) in [4.78, 5) is 29.9. The molecule has 2 heterocycles. The van der Waals surface area contributed by atoms with Crippen molar-refractivity contribution in [3.63, 3.8) is 0 Å². The van der Waals surface area contributed by atoms with Crippen LogP contribution in [0.15, 0.2) is 38.6 Å². The van der Waals surface area contributed by atoms with E-state index in [1.54, 1.807) is 0 Å². The number of hydrogen-bond donors (Lipinski definition) is 1. The lowest BCUT2D eigenvalue weighted by Crippen LogP contribution is -2.29. The Morgan fingerprint density at radius 2 is 1.92 bits per heavy atom. The van der Waals surface area contributed by atoms with E-state index in [2.05, 4.69) is 25.9 Å². The number of rotatable bonds is 2. The van der Waals surface area contributed by atoms with Crippen LogP contribution in [0.25, 0.3) is 11.2 Å². The van der Waals surface area contributed by atoms with E-state index >= 15 is 0 Å². The molecular formula is C14H10BrF3N4O2. The van der Waals surface area contributed by atoms with Crippen molar-refractivity contribution in [1.29, 1.82) is 0 Å². The maximum atomic E-state index is 13.1. The van der Waals surface area contributed by atoms with Gasteiger partial charge in [-0.1, -0.05) is 18.2 Å². The van der Waals surface area contributed by atoms with E-state index in [4.69, 9.17) is 0 Å². The minimum atomic E-state index is -4.52. The molecule has 10 heteroatoms. The number of aromatic amines is 1. The van der Waals surface area contributed by atoms with E-state index < -0.39 is 23.0 Å². The zero-order chi connectivity index (χ0) is 17.6. The molecule has 0 unspecified atom stereocenters. The Hall–Kier alpha value is -2.36. The van der Waals surface area contributed by atoms with Gasteiger partial charge in [0, 0.05) is 7.05 Å². The molecular weight excluding hydrogens is 393 g/mol. The number of nitrogens with one attached hydrogen (secondary N) is 1.